The van der Waals surface area contributed by atoms with Crippen LogP contribution in [-0.4, -0.2) is 6.72 Å². The number of nitrogens with one attached hydrogen (secondary N) is 1. The number of nitrogens with two attached hydrogens (primary N) is 1. The van der Waals surface area contributed by atoms with Gasteiger partial charge in [0.15, 0.2) is 0 Å². The van der Waals surface area contributed by atoms with Crippen molar-refractivity contribution in [2.24, 2.45) is 10.7 Å². The molecule has 0 fully saturated rings. The topological polar surface area (TPSA) is 84.5 Å². The van der Waals surface area contributed by atoms with Crippen LogP contribution in [0.2, 0.25) is 0 Å². The molecule has 92 valence electrons. The minimum Gasteiger partial charge on any atom is -0.376 e. The van der Waals surface area contributed by atoms with E-state index in [0.717, 1.165) is 11.1 Å². The molecule has 0 aliphatic rings. The molecule has 0 radical (unpaired) electrons. The van der Waals surface area contributed by atoms with E-state index in [4.69, 9.17) is 5.73 Å². The van der Waals surface area contributed by atoms with Crippen molar-refractivity contribution in [1.29, 1.82) is 0 Å². The van der Waals surface area contributed by atoms with Gasteiger partial charge < -0.3 is 11.1 Å². The average Bonchev–Trinajstić information content (AvgIpc) is 2.42. The summed E-state index contributed by atoms with van der Waals surface area (Å²) in [6.45, 7) is 4.17. The number of hydrogen-bond donors (Lipinski definition) is 2. The SMILES string of the molecule is C=Nc1c(NCc2cccc(CN)c2)c(=O)c1=O. The molecule has 0 atom stereocenters. The zero-order chi connectivity index (χ0) is 13.1. The average molecular weight is 243 g/mol. The molecule has 0 bridgehead atoms. The predicted octanol–water partition coefficient (Wildman–Crippen LogP) is 0.686. The van der Waals surface area contributed by atoms with Crippen LogP contribution < -0.4 is 21.9 Å². The number of aliphatic imine (C=N–C) groups is 1. The van der Waals surface area contributed by atoms with Crippen LogP contribution >= 0.6 is 0 Å². The Hall–Kier alpha value is -2.27. The molecule has 2 aromatic rings. The van der Waals surface area contributed by atoms with Crippen molar-refractivity contribution in [3.05, 3.63) is 55.8 Å². The molecule has 0 aliphatic carbocycles. The van der Waals surface area contributed by atoms with Crippen molar-refractivity contribution in [1.82, 2.24) is 0 Å². The summed E-state index contributed by atoms with van der Waals surface area (Å²) in [5.41, 5.74) is 6.80. The fourth-order valence-corrected chi connectivity index (χ4v) is 1.75. The van der Waals surface area contributed by atoms with Crippen LogP contribution in [0.4, 0.5) is 11.4 Å². The van der Waals surface area contributed by atoms with Gasteiger partial charge in [0, 0.05) is 13.1 Å². The molecule has 0 amide bonds. The Morgan fingerprint density at radius 2 is 1.94 bits per heavy atom. The Morgan fingerprint density at radius 1 is 1.22 bits per heavy atom. The number of rotatable bonds is 5. The maximum absolute atomic E-state index is 11.3. The highest BCUT2D eigenvalue weighted by molar-refractivity contribution is 5.72. The molecule has 18 heavy (non-hydrogen) atoms. The third-order valence-electron chi connectivity index (χ3n) is 2.74. The van der Waals surface area contributed by atoms with Gasteiger partial charge in [0.25, 0.3) is 10.9 Å². The first-order valence-corrected chi connectivity index (χ1v) is 5.49. The monoisotopic (exact) mass is 243 g/mol. The van der Waals surface area contributed by atoms with Gasteiger partial charge in [-0.05, 0) is 17.8 Å². The minimum atomic E-state index is -0.580. The summed E-state index contributed by atoms with van der Waals surface area (Å²) in [7, 11) is 0. The van der Waals surface area contributed by atoms with Gasteiger partial charge >= 0.3 is 0 Å². The zero-order valence-electron chi connectivity index (χ0n) is 9.77. The highest BCUT2D eigenvalue weighted by atomic mass is 16.2. The second kappa shape index (κ2) is 4.93. The van der Waals surface area contributed by atoms with E-state index in [1.807, 2.05) is 24.3 Å². The maximum atomic E-state index is 11.3. The van der Waals surface area contributed by atoms with E-state index in [1.54, 1.807) is 0 Å². The lowest BCUT2D eigenvalue weighted by Crippen LogP contribution is -2.33. The van der Waals surface area contributed by atoms with Crippen LogP contribution in [-0.2, 0) is 13.1 Å². The van der Waals surface area contributed by atoms with E-state index in [-0.39, 0.29) is 11.4 Å². The van der Waals surface area contributed by atoms with Gasteiger partial charge in [-0.25, -0.2) is 0 Å². The van der Waals surface area contributed by atoms with Crippen LogP contribution in [0.15, 0.2) is 38.8 Å². The fraction of sp³-hybridized carbons (Fsp3) is 0.154. The molecule has 0 saturated heterocycles. The van der Waals surface area contributed by atoms with Crippen LogP contribution in [0, 0.1) is 0 Å². The molecule has 0 aromatic heterocycles. The van der Waals surface area contributed by atoms with Crippen LogP contribution in [0.5, 0.6) is 0 Å². The molecule has 2 aromatic carbocycles. The van der Waals surface area contributed by atoms with Crippen LogP contribution in [0.1, 0.15) is 11.1 Å². The second-order valence-electron chi connectivity index (χ2n) is 3.92. The fourth-order valence-electron chi connectivity index (χ4n) is 1.75. The number of hydrogen-bond acceptors (Lipinski definition) is 5. The summed E-state index contributed by atoms with van der Waals surface area (Å²) in [4.78, 5) is 25.9. The van der Waals surface area contributed by atoms with E-state index < -0.39 is 10.9 Å². The molecule has 3 N–H and O–H groups in total. The van der Waals surface area contributed by atoms with Crippen molar-refractivity contribution >= 4 is 18.1 Å². The van der Waals surface area contributed by atoms with E-state index in [1.165, 1.54) is 0 Å². The van der Waals surface area contributed by atoms with E-state index >= 15 is 0 Å². The third kappa shape index (κ3) is 2.08. The van der Waals surface area contributed by atoms with Gasteiger partial charge in [0.2, 0.25) is 0 Å². The maximum Gasteiger partial charge on any atom is 0.255 e. The number of benzene rings is 1. The largest absolute Gasteiger partial charge is 0.376 e. The molecule has 2 rings (SSSR count). The van der Waals surface area contributed by atoms with Crippen molar-refractivity contribution in [2.45, 2.75) is 13.1 Å². The van der Waals surface area contributed by atoms with Gasteiger partial charge in [-0.3, -0.25) is 14.6 Å². The van der Waals surface area contributed by atoms with E-state index in [0.29, 0.717) is 13.1 Å². The summed E-state index contributed by atoms with van der Waals surface area (Å²) in [5, 5.41) is 2.90. The van der Waals surface area contributed by atoms with Gasteiger partial charge in [0.1, 0.15) is 11.4 Å². The molecular formula is C13H13N3O2. The quantitative estimate of drug-likeness (QED) is 0.597. The second-order valence-corrected chi connectivity index (χ2v) is 3.92. The van der Waals surface area contributed by atoms with Crippen LogP contribution in [0.3, 0.4) is 0 Å². The van der Waals surface area contributed by atoms with Gasteiger partial charge in [-0.2, -0.15) is 0 Å². The molecular weight excluding hydrogens is 230 g/mol. The Kier molecular flexibility index (Phi) is 3.34. The molecule has 0 spiro atoms. The van der Waals surface area contributed by atoms with Crippen molar-refractivity contribution < 1.29 is 0 Å². The normalized spacial score (nSPS) is 10.5. The molecule has 5 heteroatoms. The molecule has 0 heterocycles. The van der Waals surface area contributed by atoms with Gasteiger partial charge in [-0.15, -0.1) is 0 Å². The standard InChI is InChI=1S/C13H13N3O2/c1-15-10-11(13(18)12(10)17)16-7-9-4-2-3-8(5-9)6-14/h2-5,16H,1,6-7,14H2. The lowest BCUT2D eigenvalue weighted by molar-refractivity contribution is 1.05. The Balaban J connectivity index is 2.12. The minimum absolute atomic E-state index is 0.120. The molecule has 5 nitrogen and oxygen atoms in total. The predicted molar refractivity (Wildman–Crippen MR) is 72.2 cm³/mol. The third-order valence-corrected chi connectivity index (χ3v) is 2.74. The summed E-state index contributed by atoms with van der Waals surface area (Å²) in [5.74, 6) is 0. The summed E-state index contributed by atoms with van der Waals surface area (Å²) < 4.78 is 0. The zero-order valence-corrected chi connectivity index (χ0v) is 9.77. The highest BCUT2D eigenvalue weighted by Gasteiger charge is 2.18. The Bertz CT molecular complexity index is 654. The Morgan fingerprint density at radius 3 is 2.61 bits per heavy atom. The van der Waals surface area contributed by atoms with Gasteiger partial charge in [-0.1, -0.05) is 24.3 Å². The first-order chi connectivity index (χ1) is 8.67. The van der Waals surface area contributed by atoms with Crippen molar-refractivity contribution in [3.8, 4) is 0 Å². The first-order valence-electron chi connectivity index (χ1n) is 5.49. The number of anilines is 1. The van der Waals surface area contributed by atoms with Crippen molar-refractivity contribution in [2.75, 3.05) is 5.32 Å². The summed E-state index contributed by atoms with van der Waals surface area (Å²) in [6, 6.07) is 7.68. The summed E-state index contributed by atoms with van der Waals surface area (Å²) >= 11 is 0. The molecule has 0 unspecified atom stereocenters. The van der Waals surface area contributed by atoms with Gasteiger partial charge in [0.05, 0.1) is 0 Å². The van der Waals surface area contributed by atoms with Crippen LogP contribution in [0.25, 0.3) is 0 Å². The van der Waals surface area contributed by atoms with E-state index in [9.17, 15) is 9.59 Å². The Labute approximate surface area is 104 Å². The highest BCUT2D eigenvalue weighted by Crippen LogP contribution is 2.18. The van der Waals surface area contributed by atoms with Crippen molar-refractivity contribution in [3.63, 3.8) is 0 Å². The smallest absolute Gasteiger partial charge is 0.255 e. The number of nitrogens with zero attached hydrogens (tertiary/aromatic N) is 1. The molecule has 0 aliphatic heterocycles. The molecule has 0 saturated carbocycles. The summed E-state index contributed by atoms with van der Waals surface area (Å²) in [6.07, 6.45) is 0. The lowest BCUT2D eigenvalue weighted by atomic mass is 10.1. The van der Waals surface area contributed by atoms with E-state index in [2.05, 4.69) is 17.0 Å². The first kappa shape index (κ1) is 12.2. The lowest BCUT2D eigenvalue weighted by Gasteiger charge is -2.10.